The Labute approximate surface area is 181 Å². The fourth-order valence-electron chi connectivity index (χ4n) is 3.96. The third-order valence-corrected chi connectivity index (χ3v) is 6.68. The highest BCUT2D eigenvalue weighted by Gasteiger charge is 2.25. The molecule has 2 amide bonds. The molecule has 0 aliphatic carbocycles. The van der Waals surface area contributed by atoms with Crippen molar-refractivity contribution in [2.45, 2.75) is 17.7 Å². The van der Waals surface area contributed by atoms with E-state index in [1.165, 1.54) is 0 Å². The number of hydrogen-bond donors (Lipinski definition) is 0. The van der Waals surface area contributed by atoms with Gasteiger partial charge in [0.1, 0.15) is 5.75 Å². The van der Waals surface area contributed by atoms with Gasteiger partial charge in [0.2, 0.25) is 11.8 Å². The van der Waals surface area contributed by atoms with Crippen molar-refractivity contribution in [3.05, 3.63) is 48.5 Å². The predicted molar refractivity (Wildman–Crippen MR) is 121 cm³/mol. The molecule has 0 N–H and O–H groups in total. The molecule has 0 atom stereocenters. The van der Waals surface area contributed by atoms with Crippen molar-refractivity contribution < 1.29 is 14.3 Å². The van der Waals surface area contributed by atoms with Crippen LogP contribution in [0, 0.1) is 0 Å². The minimum absolute atomic E-state index is 0.0334. The number of ether oxygens (including phenoxy) is 1. The Balaban J connectivity index is 1.28. The first-order chi connectivity index (χ1) is 14.7. The maximum Gasteiger partial charge on any atom is 0.227 e. The van der Waals surface area contributed by atoms with Gasteiger partial charge >= 0.3 is 0 Å². The first kappa shape index (κ1) is 20.6. The van der Waals surface area contributed by atoms with Crippen LogP contribution in [0.5, 0.6) is 5.75 Å². The molecule has 30 heavy (non-hydrogen) atoms. The number of hydrogen-bond acceptors (Lipinski definition) is 5. The second-order valence-corrected chi connectivity index (χ2v) is 8.57. The van der Waals surface area contributed by atoms with E-state index in [2.05, 4.69) is 11.0 Å². The zero-order chi connectivity index (χ0) is 20.9. The van der Waals surface area contributed by atoms with Gasteiger partial charge in [-0.15, -0.1) is 11.8 Å². The Morgan fingerprint density at radius 2 is 1.70 bits per heavy atom. The molecule has 2 aliphatic rings. The number of anilines is 2. The number of thioether (sulfide) groups is 1. The number of amides is 2. The number of rotatable bonds is 5. The van der Waals surface area contributed by atoms with E-state index in [4.69, 9.17) is 4.74 Å². The average Bonchev–Trinajstić information content (AvgIpc) is 2.82. The van der Waals surface area contributed by atoms with Gasteiger partial charge in [0.15, 0.2) is 0 Å². The van der Waals surface area contributed by atoms with Crippen molar-refractivity contribution in [1.82, 2.24) is 4.90 Å². The highest BCUT2D eigenvalue weighted by atomic mass is 32.2. The molecular weight excluding hydrogens is 398 g/mol. The van der Waals surface area contributed by atoms with Crippen LogP contribution in [0.4, 0.5) is 11.4 Å². The molecule has 0 saturated carbocycles. The number of carbonyl (C=O) groups excluding carboxylic acids is 2. The third kappa shape index (κ3) is 4.56. The van der Waals surface area contributed by atoms with Crippen molar-refractivity contribution in [2.75, 3.05) is 55.4 Å². The lowest BCUT2D eigenvalue weighted by Crippen LogP contribution is -2.49. The summed E-state index contributed by atoms with van der Waals surface area (Å²) in [5.74, 6) is 1.82. The van der Waals surface area contributed by atoms with Gasteiger partial charge in [0, 0.05) is 68.0 Å². The van der Waals surface area contributed by atoms with Crippen LogP contribution in [0.15, 0.2) is 53.4 Å². The minimum Gasteiger partial charge on any atom is -0.497 e. The first-order valence-corrected chi connectivity index (χ1v) is 11.3. The average molecular weight is 426 g/mol. The molecule has 1 saturated heterocycles. The Morgan fingerprint density at radius 1 is 0.933 bits per heavy atom. The number of piperazine rings is 1. The summed E-state index contributed by atoms with van der Waals surface area (Å²) in [6, 6.07) is 16.0. The molecule has 0 bridgehead atoms. The maximum absolute atomic E-state index is 12.8. The fraction of sp³-hybridized carbons (Fsp3) is 0.391. The second kappa shape index (κ2) is 9.43. The summed E-state index contributed by atoms with van der Waals surface area (Å²) in [5, 5.41) is 0. The Morgan fingerprint density at radius 3 is 2.50 bits per heavy atom. The lowest BCUT2D eigenvalue weighted by atomic mass is 10.2. The number of benzene rings is 2. The summed E-state index contributed by atoms with van der Waals surface area (Å²) in [5.41, 5.74) is 2.08. The summed E-state index contributed by atoms with van der Waals surface area (Å²) < 4.78 is 5.30. The van der Waals surface area contributed by atoms with E-state index in [9.17, 15) is 9.59 Å². The van der Waals surface area contributed by atoms with E-state index in [0.717, 1.165) is 40.9 Å². The lowest BCUT2D eigenvalue weighted by molar-refractivity contribution is -0.133. The topological polar surface area (TPSA) is 53.1 Å². The van der Waals surface area contributed by atoms with Gasteiger partial charge < -0.3 is 19.4 Å². The summed E-state index contributed by atoms with van der Waals surface area (Å²) in [7, 11) is 1.67. The number of fused-ring (bicyclic) bond motifs is 1. The van der Waals surface area contributed by atoms with Crippen LogP contribution in [0.1, 0.15) is 12.8 Å². The zero-order valence-electron chi connectivity index (χ0n) is 17.3. The minimum atomic E-state index is 0.0334. The zero-order valence-corrected chi connectivity index (χ0v) is 18.1. The number of para-hydroxylation sites is 1. The Hall–Kier alpha value is -2.67. The lowest BCUT2D eigenvalue weighted by Gasteiger charge is -2.36. The highest BCUT2D eigenvalue weighted by Crippen LogP contribution is 2.34. The fourth-order valence-corrected chi connectivity index (χ4v) is 4.95. The third-order valence-electron chi connectivity index (χ3n) is 5.63. The van der Waals surface area contributed by atoms with Gasteiger partial charge in [-0.25, -0.2) is 0 Å². The molecule has 1 fully saturated rings. The van der Waals surface area contributed by atoms with E-state index in [1.54, 1.807) is 18.9 Å². The van der Waals surface area contributed by atoms with Crippen molar-refractivity contribution in [3.63, 3.8) is 0 Å². The van der Waals surface area contributed by atoms with Crippen LogP contribution in [0.3, 0.4) is 0 Å². The van der Waals surface area contributed by atoms with Crippen LogP contribution in [0.25, 0.3) is 0 Å². The molecular formula is C23H27N3O3S. The van der Waals surface area contributed by atoms with Gasteiger partial charge in [-0.1, -0.05) is 18.2 Å². The highest BCUT2D eigenvalue weighted by molar-refractivity contribution is 7.99. The first-order valence-electron chi connectivity index (χ1n) is 10.3. The van der Waals surface area contributed by atoms with Gasteiger partial charge in [-0.05, 0) is 24.3 Å². The van der Waals surface area contributed by atoms with E-state index in [1.807, 2.05) is 52.3 Å². The second-order valence-electron chi connectivity index (χ2n) is 7.43. The summed E-state index contributed by atoms with van der Waals surface area (Å²) >= 11 is 1.78. The van der Waals surface area contributed by atoms with Crippen molar-refractivity contribution in [3.8, 4) is 5.75 Å². The standard InChI is InChI=1S/C23H27N3O3S/c1-29-19-6-4-5-18(17-19)24-11-13-25(14-12-24)22(27)9-10-23(28)26-15-16-30-21-8-3-2-7-20(21)26/h2-8,17H,9-16H2,1H3. The largest absolute Gasteiger partial charge is 0.497 e. The van der Waals surface area contributed by atoms with E-state index in [0.29, 0.717) is 19.6 Å². The number of methoxy groups -OCH3 is 1. The van der Waals surface area contributed by atoms with Crippen molar-refractivity contribution >= 4 is 35.0 Å². The summed E-state index contributed by atoms with van der Waals surface area (Å²) in [6.07, 6.45) is 0.526. The predicted octanol–water partition coefficient (Wildman–Crippen LogP) is 3.26. The molecule has 2 aliphatic heterocycles. The molecule has 0 spiro atoms. The van der Waals surface area contributed by atoms with E-state index in [-0.39, 0.29) is 24.7 Å². The van der Waals surface area contributed by atoms with Crippen LogP contribution in [-0.2, 0) is 9.59 Å². The molecule has 0 unspecified atom stereocenters. The number of nitrogens with zero attached hydrogens (tertiary/aromatic N) is 3. The molecule has 2 heterocycles. The molecule has 2 aromatic carbocycles. The maximum atomic E-state index is 12.8. The van der Waals surface area contributed by atoms with Gasteiger partial charge in [0.05, 0.1) is 12.8 Å². The number of carbonyl (C=O) groups is 2. The van der Waals surface area contributed by atoms with Crippen LogP contribution < -0.4 is 14.5 Å². The molecule has 0 radical (unpaired) electrons. The smallest absolute Gasteiger partial charge is 0.227 e. The van der Waals surface area contributed by atoms with Crippen molar-refractivity contribution in [2.24, 2.45) is 0 Å². The van der Waals surface area contributed by atoms with E-state index >= 15 is 0 Å². The van der Waals surface area contributed by atoms with Gasteiger partial charge in [0.25, 0.3) is 0 Å². The van der Waals surface area contributed by atoms with Gasteiger partial charge in [-0.3, -0.25) is 9.59 Å². The van der Waals surface area contributed by atoms with Gasteiger partial charge in [-0.2, -0.15) is 0 Å². The quantitative estimate of drug-likeness (QED) is 0.736. The monoisotopic (exact) mass is 425 g/mol. The van der Waals surface area contributed by atoms with Crippen molar-refractivity contribution in [1.29, 1.82) is 0 Å². The normalized spacial score (nSPS) is 16.2. The van der Waals surface area contributed by atoms with E-state index < -0.39 is 0 Å². The Kier molecular flexibility index (Phi) is 6.47. The molecule has 7 heteroatoms. The molecule has 0 aromatic heterocycles. The van der Waals surface area contributed by atoms with Crippen LogP contribution >= 0.6 is 11.8 Å². The molecule has 6 nitrogen and oxygen atoms in total. The Bertz CT molecular complexity index is 912. The SMILES string of the molecule is COc1cccc(N2CCN(C(=O)CCC(=O)N3CCSc4ccccc43)CC2)c1. The van der Waals surface area contributed by atoms with Crippen LogP contribution in [0.2, 0.25) is 0 Å². The molecule has 158 valence electrons. The summed E-state index contributed by atoms with van der Waals surface area (Å²) in [4.78, 5) is 32.6. The molecule has 4 rings (SSSR count). The van der Waals surface area contributed by atoms with Crippen LogP contribution in [-0.4, -0.2) is 62.3 Å². The molecule has 2 aromatic rings. The summed E-state index contributed by atoms with van der Waals surface area (Å²) in [6.45, 7) is 3.61.